The molecule has 0 radical (unpaired) electrons. The van der Waals surface area contributed by atoms with E-state index in [2.05, 4.69) is 4.98 Å². The molecule has 3 rings (SSSR count). The number of nitrogens with two attached hydrogens (primary N) is 1. The average molecular weight is 257 g/mol. The maximum absolute atomic E-state index is 13.3. The van der Waals surface area contributed by atoms with Crippen molar-refractivity contribution in [2.24, 2.45) is 0 Å². The summed E-state index contributed by atoms with van der Waals surface area (Å²) in [7, 11) is 0. The van der Waals surface area contributed by atoms with Gasteiger partial charge < -0.3 is 10.6 Å². The predicted octanol–water partition coefficient (Wildman–Crippen LogP) is 2.01. The topological polar surface area (TPSA) is 59.2 Å². The van der Waals surface area contributed by atoms with Gasteiger partial charge in [-0.05, 0) is 36.2 Å². The lowest BCUT2D eigenvalue weighted by molar-refractivity contribution is 0.0985. The molecule has 2 heterocycles. The van der Waals surface area contributed by atoms with Gasteiger partial charge in [0, 0.05) is 6.54 Å². The highest BCUT2D eigenvalue weighted by Crippen LogP contribution is 2.29. The van der Waals surface area contributed by atoms with Crippen LogP contribution in [-0.4, -0.2) is 17.4 Å². The molecule has 0 atom stereocenters. The summed E-state index contributed by atoms with van der Waals surface area (Å²) < 4.78 is 13.3. The lowest BCUT2D eigenvalue weighted by Crippen LogP contribution is -2.29. The fourth-order valence-electron chi connectivity index (χ4n) is 2.27. The molecule has 2 aromatic rings. The van der Waals surface area contributed by atoms with E-state index in [1.54, 1.807) is 29.2 Å². The quantitative estimate of drug-likeness (QED) is 0.850. The summed E-state index contributed by atoms with van der Waals surface area (Å²) in [6.07, 6.45) is 0.726. The van der Waals surface area contributed by atoms with Crippen molar-refractivity contribution in [2.75, 3.05) is 17.2 Å². The van der Waals surface area contributed by atoms with Gasteiger partial charge in [0.15, 0.2) is 0 Å². The van der Waals surface area contributed by atoms with E-state index in [9.17, 15) is 9.18 Å². The van der Waals surface area contributed by atoms with Gasteiger partial charge in [-0.2, -0.15) is 0 Å². The van der Waals surface area contributed by atoms with Crippen LogP contribution in [0.4, 0.5) is 15.9 Å². The number of carbonyl (C=O) groups excluding carboxylic acids is 1. The van der Waals surface area contributed by atoms with Crippen molar-refractivity contribution < 1.29 is 9.18 Å². The number of halogens is 1. The van der Waals surface area contributed by atoms with Crippen molar-refractivity contribution in [3.63, 3.8) is 0 Å². The number of amides is 1. The third-order valence-electron chi connectivity index (χ3n) is 3.18. The molecule has 1 aromatic carbocycles. The number of nitrogen functional groups attached to an aromatic ring is 1. The van der Waals surface area contributed by atoms with E-state index in [4.69, 9.17) is 5.73 Å². The zero-order chi connectivity index (χ0) is 13.4. The molecule has 0 saturated heterocycles. The molecule has 0 unspecified atom stereocenters. The number of hydrogen-bond acceptors (Lipinski definition) is 3. The Hall–Kier alpha value is -2.43. The van der Waals surface area contributed by atoms with Crippen LogP contribution in [0, 0.1) is 5.82 Å². The fraction of sp³-hybridized carbons (Fsp3) is 0.143. The lowest BCUT2D eigenvalue weighted by atomic mass is 10.1. The van der Waals surface area contributed by atoms with E-state index in [0.717, 1.165) is 12.0 Å². The number of nitrogens with zero attached hydrogens (tertiary/aromatic N) is 2. The van der Waals surface area contributed by atoms with Crippen molar-refractivity contribution in [2.45, 2.75) is 6.42 Å². The van der Waals surface area contributed by atoms with E-state index in [1.807, 2.05) is 0 Å². The van der Waals surface area contributed by atoms with Gasteiger partial charge in [0.05, 0.1) is 5.69 Å². The fourth-order valence-corrected chi connectivity index (χ4v) is 2.27. The van der Waals surface area contributed by atoms with E-state index >= 15 is 0 Å². The van der Waals surface area contributed by atoms with Crippen LogP contribution in [0.25, 0.3) is 0 Å². The van der Waals surface area contributed by atoms with Crippen LogP contribution in [0.3, 0.4) is 0 Å². The summed E-state index contributed by atoms with van der Waals surface area (Å²) in [6, 6.07) is 9.41. The van der Waals surface area contributed by atoms with E-state index in [-0.39, 0.29) is 17.4 Å². The Morgan fingerprint density at radius 2 is 2.16 bits per heavy atom. The molecule has 0 aliphatic carbocycles. The molecule has 0 bridgehead atoms. The molecule has 1 aromatic heterocycles. The Kier molecular flexibility index (Phi) is 2.67. The first-order valence-electron chi connectivity index (χ1n) is 5.98. The van der Waals surface area contributed by atoms with Crippen LogP contribution in [-0.2, 0) is 6.42 Å². The van der Waals surface area contributed by atoms with Crippen LogP contribution in [0.5, 0.6) is 0 Å². The van der Waals surface area contributed by atoms with Gasteiger partial charge in [0.25, 0.3) is 5.91 Å². The summed E-state index contributed by atoms with van der Waals surface area (Å²) in [4.78, 5) is 17.9. The molecule has 1 amide bonds. The molecule has 2 N–H and O–H groups in total. The molecule has 0 fully saturated rings. The Balaban J connectivity index is 1.97. The van der Waals surface area contributed by atoms with Crippen molar-refractivity contribution in [1.29, 1.82) is 0 Å². The lowest BCUT2D eigenvalue weighted by Gasteiger charge is -2.16. The van der Waals surface area contributed by atoms with Crippen LogP contribution >= 0.6 is 0 Å². The molecule has 96 valence electrons. The minimum Gasteiger partial charge on any atom is -0.384 e. The van der Waals surface area contributed by atoms with Gasteiger partial charge >= 0.3 is 0 Å². The van der Waals surface area contributed by atoms with Gasteiger partial charge in [-0.25, -0.2) is 9.37 Å². The van der Waals surface area contributed by atoms with Crippen molar-refractivity contribution in [1.82, 2.24) is 4.98 Å². The van der Waals surface area contributed by atoms with Crippen molar-refractivity contribution >= 4 is 17.4 Å². The number of pyridine rings is 1. The Morgan fingerprint density at radius 3 is 2.95 bits per heavy atom. The van der Waals surface area contributed by atoms with Crippen LogP contribution in [0.2, 0.25) is 0 Å². The summed E-state index contributed by atoms with van der Waals surface area (Å²) in [6.45, 7) is 0.536. The number of benzene rings is 1. The molecule has 0 saturated carbocycles. The molecule has 5 heteroatoms. The Morgan fingerprint density at radius 1 is 1.32 bits per heavy atom. The zero-order valence-electron chi connectivity index (χ0n) is 10.1. The third kappa shape index (κ3) is 2.03. The minimum absolute atomic E-state index is 0.253. The monoisotopic (exact) mass is 257 g/mol. The van der Waals surface area contributed by atoms with Gasteiger partial charge in [-0.15, -0.1) is 0 Å². The number of aromatic nitrogens is 1. The highest BCUT2D eigenvalue weighted by Gasteiger charge is 2.26. The number of rotatable bonds is 1. The van der Waals surface area contributed by atoms with Crippen LogP contribution in [0.15, 0.2) is 36.4 Å². The maximum atomic E-state index is 13.3. The third-order valence-corrected chi connectivity index (χ3v) is 3.18. The molecule has 4 nitrogen and oxygen atoms in total. The Bertz CT molecular complexity index is 657. The normalized spacial score (nSPS) is 13.4. The first-order valence-corrected chi connectivity index (χ1v) is 5.98. The van der Waals surface area contributed by atoms with E-state index < -0.39 is 0 Å². The first kappa shape index (κ1) is 11.6. The first-order chi connectivity index (χ1) is 9.15. The second kappa shape index (κ2) is 4.35. The molecular weight excluding hydrogens is 245 g/mol. The molecule has 1 aliphatic rings. The zero-order valence-corrected chi connectivity index (χ0v) is 10.1. The van der Waals surface area contributed by atoms with Crippen LogP contribution in [0.1, 0.15) is 16.1 Å². The summed E-state index contributed by atoms with van der Waals surface area (Å²) in [5, 5.41) is 0. The number of hydrogen-bond donors (Lipinski definition) is 1. The Labute approximate surface area is 109 Å². The molecule has 1 aliphatic heterocycles. The van der Waals surface area contributed by atoms with Gasteiger partial charge in [0.2, 0.25) is 0 Å². The molecule has 0 spiro atoms. The SMILES string of the molecule is Nc1cccc(C(=O)N2CCc3ccc(F)cc32)n1. The second-order valence-corrected chi connectivity index (χ2v) is 4.43. The maximum Gasteiger partial charge on any atom is 0.276 e. The van der Waals surface area contributed by atoms with Crippen LogP contribution < -0.4 is 10.6 Å². The number of fused-ring (bicyclic) bond motifs is 1. The number of carbonyl (C=O) groups is 1. The van der Waals surface area contributed by atoms with Gasteiger partial charge in [-0.1, -0.05) is 12.1 Å². The summed E-state index contributed by atoms with van der Waals surface area (Å²) in [5.74, 6) is -0.305. The van der Waals surface area contributed by atoms with Gasteiger partial charge in [-0.3, -0.25) is 4.79 Å². The molecular formula is C14H12FN3O. The largest absolute Gasteiger partial charge is 0.384 e. The highest BCUT2D eigenvalue weighted by atomic mass is 19.1. The minimum atomic E-state index is -0.348. The van der Waals surface area contributed by atoms with Gasteiger partial charge in [0.1, 0.15) is 17.3 Å². The number of anilines is 2. The second-order valence-electron chi connectivity index (χ2n) is 4.43. The predicted molar refractivity (Wildman–Crippen MR) is 70.4 cm³/mol. The highest BCUT2D eigenvalue weighted by molar-refractivity contribution is 6.06. The van der Waals surface area contributed by atoms with Crippen molar-refractivity contribution in [3.05, 3.63) is 53.5 Å². The smallest absolute Gasteiger partial charge is 0.276 e. The summed E-state index contributed by atoms with van der Waals surface area (Å²) in [5.41, 5.74) is 7.44. The van der Waals surface area contributed by atoms with E-state index in [0.29, 0.717) is 18.1 Å². The van der Waals surface area contributed by atoms with Crippen molar-refractivity contribution in [3.8, 4) is 0 Å². The van der Waals surface area contributed by atoms with E-state index in [1.165, 1.54) is 12.1 Å². The molecule has 19 heavy (non-hydrogen) atoms. The average Bonchev–Trinajstić information content (AvgIpc) is 2.80. The summed E-state index contributed by atoms with van der Waals surface area (Å²) >= 11 is 0. The standard InChI is InChI=1S/C14H12FN3O/c15-10-5-4-9-6-7-18(12(9)8-10)14(19)11-2-1-3-13(16)17-11/h1-5,8H,6-7H2,(H2,16,17).